The van der Waals surface area contributed by atoms with Gasteiger partial charge in [-0.05, 0) is 72.0 Å². The first-order valence-electron chi connectivity index (χ1n) is 13.7. The quantitative estimate of drug-likeness (QED) is 0.217. The Labute approximate surface area is 248 Å². The van der Waals surface area contributed by atoms with Crippen molar-refractivity contribution < 1.29 is 50.5 Å². The van der Waals surface area contributed by atoms with Crippen LogP contribution in [0.15, 0.2) is 60.7 Å². The fourth-order valence-corrected chi connectivity index (χ4v) is 5.41. The Morgan fingerprint density at radius 2 is 1.73 bits per heavy atom. The number of aliphatic hydroxyl groups is 1. The van der Waals surface area contributed by atoms with E-state index in [2.05, 4.69) is 5.32 Å². The van der Waals surface area contributed by atoms with Gasteiger partial charge in [0.1, 0.15) is 22.8 Å². The molecule has 7 nitrogen and oxygen atoms in total. The summed E-state index contributed by atoms with van der Waals surface area (Å²) in [6.07, 6.45) is -10.9. The van der Waals surface area contributed by atoms with Gasteiger partial charge in [-0.2, -0.15) is 26.3 Å². The third-order valence-electron chi connectivity index (χ3n) is 7.83. The monoisotopic (exact) mass is 622 g/mol. The predicted octanol–water partition coefficient (Wildman–Crippen LogP) is 6.65. The highest BCUT2D eigenvalue weighted by atomic mass is 19.4. The number of ether oxygens (including phenoxy) is 2. The molecule has 2 N–H and O–H groups in total. The number of benzene rings is 3. The molecule has 234 valence electrons. The van der Waals surface area contributed by atoms with Crippen molar-refractivity contribution in [2.45, 2.75) is 63.1 Å². The van der Waals surface area contributed by atoms with Gasteiger partial charge < -0.3 is 19.9 Å². The van der Waals surface area contributed by atoms with E-state index < -0.39 is 41.0 Å². The second-order valence-electron chi connectivity index (χ2n) is 10.9. The number of halogens is 6. The second-order valence-corrected chi connectivity index (χ2v) is 10.9. The van der Waals surface area contributed by atoms with Crippen molar-refractivity contribution in [1.29, 1.82) is 0 Å². The number of urea groups is 1. The third kappa shape index (κ3) is 5.33. The highest BCUT2D eigenvalue weighted by Gasteiger charge is 2.71. The molecule has 2 heterocycles. The first kappa shape index (κ1) is 31.2. The fraction of sp³-hybridized carbons (Fsp3) is 0.355. The third-order valence-corrected chi connectivity index (χ3v) is 7.83. The zero-order valence-electron chi connectivity index (χ0n) is 23.6. The van der Waals surface area contributed by atoms with Gasteiger partial charge in [0.25, 0.3) is 11.5 Å². The van der Waals surface area contributed by atoms with Crippen molar-refractivity contribution in [1.82, 2.24) is 10.2 Å². The van der Waals surface area contributed by atoms with E-state index in [1.54, 1.807) is 38.1 Å². The van der Waals surface area contributed by atoms with Gasteiger partial charge in [0, 0.05) is 12.0 Å². The van der Waals surface area contributed by atoms with Crippen LogP contribution in [0.2, 0.25) is 0 Å². The van der Waals surface area contributed by atoms with Crippen LogP contribution in [0.4, 0.5) is 31.1 Å². The van der Waals surface area contributed by atoms with Crippen LogP contribution < -0.4 is 14.8 Å². The number of imide groups is 1. The molecular weight excluding hydrogens is 594 g/mol. The van der Waals surface area contributed by atoms with Gasteiger partial charge >= 0.3 is 18.4 Å². The molecule has 1 saturated heterocycles. The van der Waals surface area contributed by atoms with E-state index in [4.69, 9.17) is 9.47 Å². The molecule has 0 aromatic heterocycles. The number of hydrogen-bond acceptors (Lipinski definition) is 5. The molecule has 0 saturated carbocycles. The molecule has 0 radical (unpaired) electrons. The van der Waals surface area contributed by atoms with Gasteiger partial charge in [0.15, 0.2) is 0 Å². The number of fused-ring (bicyclic) bond motifs is 1. The summed E-state index contributed by atoms with van der Waals surface area (Å²) in [4.78, 5) is 27.5. The van der Waals surface area contributed by atoms with Crippen LogP contribution >= 0.6 is 0 Å². The van der Waals surface area contributed by atoms with Crippen LogP contribution in [0.3, 0.4) is 0 Å². The highest BCUT2D eigenvalue weighted by molar-refractivity contribution is 6.07. The van der Waals surface area contributed by atoms with Gasteiger partial charge in [-0.25, -0.2) is 4.79 Å². The molecule has 2 aliphatic heterocycles. The number of carbonyl (C=O) groups excluding carboxylic acids is 2. The standard InChI is InChI=1S/C31H28F6N2O5/c1-3-5-19-16-22(29(42,30(32,33)34)31(35,36)37)9-11-25(19)44-23-7-4-6-18(14-23)17-39-26(40)28(2,38-27(39)41)21-8-10-24-20(15-21)12-13-43-24/h4,6-11,14-16,42H,3,5,12-13,17H2,1-2H3,(H,38,41). The first-order valence-corrected chi connectivity index (χ1v) is 13.7. The van der Waals surface area contributed by atoms with E-state index in [1.165, 1.54) is 12.1 Å². The van der Waals surface area contributed by atoms with Gasteiger partial charge in [-0.3, -0.25) is 9.69 Å². The number of rotatable bonds is 8. The Morgan fingerprint density at radius 3 is 2.41 bits per heavy atom. The number of nitrogens with one attached hydrogen (secondary N) is 1. The summed E-state index contributed by atoms with van der Waals surface area (Å²) in [5.41, 5.74) is -5.71. The van der Waals surface area contributed by atoms with Crippen LogP contribution in [-0.2, 0) is 35.3 Å². The summed E-state index contributed by atoms with van der Waals surface area (Å²) >= 11 is 0. The molecule has 44 heavy (non-hydrogen) atoms. The van der Waals surface area contributed by atoms with Crippen LogP contribution in [0.25, 0.3) is 0 Å². The number of alkyl halides is 6. The lowest BCUT2D eigenvalue weighted by molar-refractivity contribution is -0.376. The lowest BCUT2D eigenvalue weighted by Gasteiger charge is -2.33. The number of hydrogen-bond donors (Lipinski definition) is 2. The molecule has 3 amide bonds. The SMILES string of the molecule is CCCc1cc(C(O)(C(F)(F)F)C(F)(F)F)ccc1Oc1cccc(CN2C(=O)NC(C)(c3ccc4c(c3)CCO4)C2=O)c1. The van der Waals surface area contributed by atoms with Crippen molar-refractivity contribution in [2.75, 3.05) is 6.61 Å². The number of nitrogens with zero attached hydrogens (tertiary/aromatic N) is 1. The van der Waals surface area contributed by atoms with Crippen molar-refractivity contribution >= 4 is 11.9 Å². The molecule has 2 aliphatic rings. The normalized spacial score (nSPS) is 18.7. The average Bonchev–Trinajstić information content (AvgIpc) is 3.51. The lowest BCUT2D eigenvalue weighted by Crippen LogP contribution is -2.53. The molecular formula is C31H28F6N2O5. The molecule has 0 aliphatic carbocycles. The smallest absolute Gasteiger partial charge is 0.430 e. The molecule has 5 rings (SSSR count). The number of carbonyl (C=O) groups is 2. The van der Waals surface area contributed by atoms with E-state index in [0.29, 0.717) is 42.7 Å². The maximum absolute atomic E-state index is 13.5. The Hall–Kier alpha value is -4.26. The molecule has 3 aromatic carbocycles. The van der Waals surface area contributed by atoms with E-state index in [0.717, 1.165) is 22.3 Å². The minimum atomic E-state index is -6.02. The number of aryl methyl sites for hydroxylation is 1. The summed E-state index contributed by atoms with van der Waals surface area (Å²) in [5.74, 6) is 0.414. The molecule has 1 atom stereocenters. The Kier molecular flexibility index (Phi) is 7.81. The van der Waals surface area contributed by atoms with Crippen molar-refractivity contribution in [3.8, 4) is 17.2 Å². The molecule has 3 aromatic rings. The van der Waals surface area contributed by atoms with E-state index in [9.17, 15) is 41.0 Å². The minimum Gasteiger partial charge on any atom is -0.493 e. The fourth-order valence-electron chi connectivity index (χ4n) is 5.41. The molecule has 1 fully saturated rings. The van der Waals surface area contributed by atoms with Gasteiger partial charge in [0.2, 0.25) is 0 Å². The maximum Gasteiger partial charge on any atom is 0.430 e. The van der Waals surface area contributed by atoms with Crippen LogP contribution in [0.1, 0.15) is 48.1 Å². The maximum atomic E-state index is 13.5. The highest BCUT2D eigenvalue weighted by Crippen LogP contribution is 2.50. The first-order chi connectivity index (χ1) is 20.6. The lowest BCUT2D eigenvalue weighted by atomic mass is 9.90. The van der Waals surface area contributed by atoms with E-state index in [1.807, 2.05) is 6.07 Å². The van der Waals surface area contributed by atoms with Crippen LogP contribution in [-0.4, -0.2) is 40.9 Å². The van der Waals surface area contributed by atoms with Gasteiger partial charge in [-0.15, -0.1) is 0 Å². The van der Waals surface area contributed by atoms with Crippen LogP contribution in [0.5, 0.6) is 17.2 Å². The summed E-state index contributed by atoms with van der Waals surface area (Å²) in [5, 5.41) is 12.6. The van der Waals surface area contributed by atoms with Crippen molar-refractivity contribution in [3.63, 3.8) is 0 Å². The van der Waals surface area contributed by atoms with Crippen LogP contribution in [0, 0.1) is 0 Å². The van der Waals surface area contributed by atoms with Crippen molar-refractivity contribution in [3.05, 3.63) is 88.5 Å². The average molecular weight is 623 g/mol. The molecule has 0 bridgehead atoms. The molecule has 1 unspecified atom stereocenters. The Balaban J connectivity index is 1.38. The summed E-state index contributed by atoms with van der Waals surface area (Å²) in [7, 11) is 0. The largest absolute Gasteiger partial charge is 0.493 e. The zero-order valence-corrected chi connectivity index (χ0v) is 23.6. The predicted molar refractivity (Wildman–Crippen MR) is 145 cm³/mol. The summed E-state index contributed by atoms with van der Waals surface area (Å²) in [6.45, 7) is 3.70. The Morgan fingerprint density at radius 1 is 1.00 bits per heavy atom. The minimum absolute atomic E-state index is 0.0115. The number of amides is 3. The van der Waals surface area contributed by atoms with Gasteiger partial charge in [-0.1, -0.05) is 37.6 Å². The molecule has 0 spiro atoms. The van der Waals surface area contributed by atoms with E-state index in [-0.39, 0.29) is 30.0 Å². The Bertz CT molecular complexity index is 1590. The summed E-state index contributed by atoms with van der Waals surface area (Å²) in [6, 6.07) is 13.1. The van der Waals surface area contributed by atoms with Gasteiger partial charge in [0.05, 0.1) is 13.2 Å². The second kappa shape index (κ2) is 11.0. The summed E-state index contributed by atoms with van der Waals surface area (Å²) < 4.78 is 92.1. The molecule has 13 heteroatoms. The van der Waals surface area contributed by atoms with E-state index >= 15 is 0 Å². The zero-order chi connectivity index (χ0) is 32.1. The van der Waals surface area contributed by atoms with Crippen molar-refractivity contribution in [2.24, 2.45) is 0 Å². The topological polar surface area (TPSA) is 88.1 Å².